The van der Waals surface area contributed by atoms with E-state index >= 15 is 0 Å². The van der Waals surface area contributed by atoms with Gasteiger partial charge < -0.3 is 9.32 Å². The molecule has 0 aliphatic heterocycles. The average molecular weight is 688 g/mol. The molecular formula is C52H33NO. The van der Waals surface area contributed by atoms with E-state index in [1.807, 2.05) is 12.1 Å². The molecule has 10 aromatic carbocycles. The van der Waals surface area contributed by atoms with Crippen LogP contribution >= 0.6 is 0 Å². The van der Waals surface area contributed by atoms with Gasteiger partial charge in [0.15, 0.2) is 0 Å². The van der Waals surface area contributed by atoms with E-state index in [-0.39, 0.29) is 0 Å². The molecule has 0 unspecified atom stereocenters. The molecule has 0 radical (unpaired) electrons. The second-order valence-electron chi connectivity index (χ2n) is 14.1. The molecule has 0 saturated heterocycles. The molecule has 1 aromatic heterocycles. The van der Waals surface area contributed by atoms with Crippen molar-refractivity contribution in [2.75, 3.05) is 4.90 Å². The zero-order valence-corrected chi connectivity index (χ0v) is 29.4. The van der Waals surface area contributed by atoms with Gasteiger partial charge >= 0.3 is 0 Å². The number of nitrogens with zero attached hydrogens (tertiary/aromatic N) is 1. The summed E-state index contributed by atoms with van der Waals surface area (Å²) < 4.78 is 6.38. The third-order valence-corrected chi connectivity index (χ3v) is 11.0. The van der Waals surface area contributed by atoms with Crippen LogP contribution in [0.1, 0.15) is 0 Å². The molecule has 0 atom stereocenters. The van der Waals surface area contributed by atoms with E-state index in [0.29, 0.717) is 0 Å². The number of hydrogen-bond acceptors (Lipinski definition) is 2. The largest absolute Gasteiger partial charge is 0.456 e. The third kappa shape index (κ3) is 4.88. The van der Waals surface area contributed by atoms with E-state index in [4.69, 9.17) is 4.42 Å². The number of hydrogen-bond donors (Lipinski definition) is 0. The quantitative estimate of drug-likeness (QED) is 0.168. The van der Waals surface area contributed by atoms with E-state index < -0.39 is 0 Å². The molecular weight excluding hydrogens is 655 g/mol. The maximum atomic E-state index is 6.38. The standard InChI is InChI=1S/C52H33NO/c1-2-10-34(11-3-1)35-20-25-40(26-21-35)53(42-29-31-46-45-16-8-9-17-49(45)54-50(46)33-42)41-27-22-37(23-28-41)48-32-39-13-5-7-15-44(39)52-47(48)30-24-38-19-18-36-12-4-6-14-43(36)51(38)52/h1-33H. The summed E-state index contributed by atoms with van der Waals surface area (Å²) in [5.74, 6) is 0. The molecule has 11 rings (SSSR count). The zero-order chi connectivity index (χ0) is 35.6. The van der Waals surface area contributed by atoms with Crippen LogP contribution in [0.5, 0.6) is 0 Å². The summed E-state index contributed by atoms with van der Waals surface area (Å²) in [4.78, 5) is 2.32. The first-order valence-corrected chi connectivity index (χ1v) is 18.5. The molecule has 2 heteroatoms. The van der Waals surface area contributed by atoms with Gasteiger partial charge in [0.2, 0.25) is 0 Å². The number of para-hydroxylation sites is 1. The maximum Gasteiger partial charge on any atom is 0.137 e. The molecule has 0 aliphatic carbocycles. The molecule has 0 spiro atoms. The lowest BCUT2D eigenvalue weighted by Gasteiger charge is -2.26. The minimum absolute atomic E-state index is 0.874. The molecule has 0 bridgehead atoms. The predicted molar refractivity (Wildman–Crippen MR) is 229 cm³/mol. The monoisotopic (exact) mass is 687 g/mol. The van der Waals surface area contributed by atoms with Crippen molar-refractivity contribution in [3.05, 3.63) is 200 Å². The van der Waals surface area contributed by atoms with Crippen molar-refractivity contribution < 1.29 is 4.42 Å². The molecule has 0 aliphatic rings. The van der Waals surface area contributed by atoms with E-state index in [9.17, 15) is 0 Å². The van der Waals surface area contributed by atoms with Crippen molar-refractivity contribution >= 4 is 82.1 Å². The molecule has 1 heterocycles. The van der Waals surface area contributed by atoms with Gasteiger partial charge in [-0.2, -0.15) is 0 Å². The number of fused-ring (bicyclic) bond motifs is 10. The number of anilines is 3. The fraction of sp³-hybridized carbons (Fsp3) is 0. The lowest BCUT2D eigenvalue weighted by Crippen LogP contribution is -2.09. The molecule has 0 saturated carbocycles. The first-order chi connectivity index (χ1) is 26.8. The van der Waals surface area contributed by atoms with Crippen molar-refractivity contribution in [3.63, 3.8) is 0 Å². The van der Waals surface area contributed by atoms with Gasteiger partial charge in [0.1, 0.15) is 11.2 Å². The second kappa shape index (κ2) is 12.2. The van der Waals surface area contributed by atoms with E-state index in [2.05, 4.69) is 193 Å². The van der Waals surface area contributed by atoms with Crippen molar-refractivity contribution in [2.45, 2.75) is 0 Å². The Bertz CT molecular complexity index is 3190. The van der Waals surface area contributed by atoms with Gasteiger partial charge in [-0.25, -0.2) is 0 Å². The van der Waals surface area contributed by atoms with E-state index in [1.165, 1.54) is 65.3 Å². The maximum absolute atomic E-state index is 6.38. The fourth-order valence-electron chi connectivity index (χ4n) is 8.45. The van der Waals surface area contributed by atoms with Crippen molar-refractivity contribution in [1.82, 2.24) is 0 Å². The van der Waals surface area contributed by atoms with Gasteiger partial charge in [-0.1, -0.05) is 146 Å². The molecule has 252 valence electrons. The van der Waals surface area contributed by atoms with Crippen LogP contribution in [0.2, 0.25) is 0 Å². The topological polar surface area (TPSA) is 16.4 Å². The smallest absolute Gasteiger partial charge is 0.137 e. The normalized spacial score (nSPS) is 11.7. The van der Waals surface area contributed by atoms with Gasteiger partial charge in [0, 0.05) is 33.9 Å². The summed E-state index contributed by atoms with van der Waals surface area (Å²) in [6.45, 7) is 0. The van der Waals surface area contributed by atoms with Crippen LogP contribution in [0.3, 0.4) is 0 Å². The van der Waals surface area contributed by atoms with Gasteiger partial charge in [0.05, 0.1) is 0 Å². The summed E-state index contributed by atoms with van der Waals surface area (Å²) in [6, 6.07) is 72.3. The Morgan fingerprint density at radius 1 is 0.296 bits per heavy atom. The fourth-order valence-corrected chi connectivity index (χ4v) is 8.45. The SMILES string of the molecule is c1ccc(-c2ccc(N(c3ccc(-c4cc5ccccc5c5c4ccc4ccc6ccccc6c45)cc3)c3ccc4c(c3)oc3ccccc34)cc2)cc1. The highest BCUT2D eigenvalue weighted by molar-refractivity contribution is 6.29. The van der Waals surface area contributed by atoms with Gasteiger partial charge in [-0.15, -0.1) is 0 Å². The Hall–Kier alpha value is -7.16. The minimum Gasteiger partial charge on any atom is -0.456 e. The number of furan rings is 1. The summed E-state index contributed by atoms with van der Waals surface area (Å²) >= 11 is 0. The van der Waals surface area contributed by atoms with Crippen LogP contribution in [0.15, 0.2) is 205 Å². The summed E-state index contributed by atoms with van der Waals surface area (Å²) in [5.41, 5.74) is 9.76. The van der Waals surface area contributed by atoms with E-state index in [1.54, 1.807) is 0 Å². The van der Waals surface area contributed by atoms with Gasteiger partial charge in [-0.3, -0.25) is 0 Å². The average Bonchev–Trinajstić information content (AvgIpc) is 3.62. The van der Waals surface area contributed by atoms with Crippen LogP contribution in [0, 0.1) is 0 Å². The Morgan fingerprint density at radius 3 is 1.61 bits per heavy atom. The van der Waals surface area contributed by atoms with Crippen molar-refractivity contribution in [3.8, 4) is 22.3 Å². The Labute approximate surface area is 312 Å². The first kappa shape index (κ1) is 30.5. The molecule has 11 aromatic rings. The summed E-state index contributed by atoms with van der Waals surface area (Å²) in [5, 5.41) is 12.4. The lowest BCUT2D eigenvalue weighted by molar-refractivity contribution is 0.669. The van der Waals surface area contributed by atoms with Crippen LogP contribution in [0.4, 0.5) is 17.1 Å². The minimum atomic E-state index is 0.874. The van der Waals surface area contributed by atoms with Crippen molar-refractivity contribution in [2.24, 2.45) is 0 Å². The highest BCUT2D eigenvalue weighted by Gasteiger charge is 2.18. The molecule has 0 amide bonds. The van der Waals surface area contributed by atoms with Crippen LogP contribution in [0.25, 0.3) is 87.3 Å². The molecule has 0 N–H and O–H groups in total. The Kier molecular flexibility index (Phi) is 6.90. The second-order valence-corrected chi connectivity index (χ2v) is 14.1. The van der Waals surface area contributed by atoms with Gasteiger partial charge in [0.25, 0.3) is 0 Å². The third-order valence-electron chi connectivity index (χ3n) is 11.0. The van der Waals surface area contributed by atoms with Crippen LogP contribution in [-0.4, -0.2) is 0 Å². The number of rotatable bonds is 5. The first-order valence-electron chi connectivity index (χ1n) is 18.5. The molecule has 0 fully saturated rings. The highest BCUT2D eigenvalue weighted by atomic mass is 16.3. The molecule has 2 nitrogen and oxygen atoms in total. The van der Waals surface area contributed by atoms with E-state index in [0.717, 1.165) is 39.0 Å². The highest BCUT2D eigenvalue weighted by Crippen LogP contribution is 2.43. The predicted octanol–water partition coefficient (Wildman–Crippen LogP) is 15.0. The van der Waals surface area contributed by atoms with Gasteiger partial charge in [-0.05, 0) is 114 Å². The van der Waals surface area contributed by atoms with Crippen LogP contribution < -0.4 is 4.90 Å². The lowest BCUT2D eigenvalue weighted by atomic mass is 9.88. The number of benzene rings is 10. The summed E-state index contributed by atoms with van der Waals surface area (Å²) in [7, 11) is 0. The molecule has 54 heavy (non-hydrogen) atoms. The van der Waals surface area contributed by atoms with Crippen molar-refractivity contribution in [1.29, 1.82) is 0 Å². The summed E-state index contributed by atoms with van der Waals surface area (Å²) in [6.07, 6.45) is 0. The van der Waals surface area contributed by atoms with Crippen LogP contribution in [-0.2, 0) is 0 Å². The zero-order valence-electron chi connectivity index (χ0n) is 29.4. The Morgan fingerprint density at radius 2 is 0.833 bits per heavy atom. The Balaban J connectivity index is 1.08.